The Balaban J connectivity index is 1.95. The van der Waals surface area contributed by atoms with Gasteiger partial charge >= 0.3 is 0 Å². The summed E-state index contributed by atoms with van der Waals surface area (Å²) in [4.78, 5) is 37.2. The average Bonchev–Trinajstić information content (AvgIpc) is 2.71. The molecule has 2 fully saturated rings. The molecule has 2 amide bonds. The Morgan fingerprint density at radius 2 is 1.76 bits per heavy atom. The van der Waals surface area contributed by atoms with Crippen molar-refractivity contribution in [3.63, 3.8) is 0 Å². The smallest absolute Gasteiger partial charge is 0.245 e. The second-order valence-corrected chi connectivity index (χ2v) is 8.71. The minimum absolute atomic E-state index is 0.185. The summed E-state index contributed by atoms with van der Waals surface area (Å²) in [6, 6.07) is -1.78. The lowest BCUT2D eigenvalue weighted by Gasteiger charge is -2.37. The molecule has 1 unspecified atom stereocenters. The molecule has 2 rings (SSSR count). The van der Waals surface area contributed by atoms with E-state index in [9.17, 15) is 19.5 Å². The molecule has 1 heterocycles. The average molecular weight is 411 g/mol. The van der Waals surface area contributed by atoms with Crippen LogP contribution < -0.4 is 21.3 Å². The Morgan fingerprint density at radius 1 is 1.07 bits per heavy atom. The summed E-state index contributed by atoms with van der Waals surface area (Å²) < 4.78 is 0. The van der Waals surface area contributed by atoms with Crippen LogP contribution in [0.2, 0.25) is 0 Å². The van der Waals surface area contributed by atoms with Crippen molar-refractivity contribution in [1.29, 1.82) is 0 Å². The zero-order valence-corrected chi connectivity index (χ0v) is 18.0. The molecule has 0 aromatic carbocycles. The number of nitrogens with one attached hydrogen (secondary N) is 4. The van der Waals surface area contributed by atoms with Crippen molar-refractivity contribution in [3.8, 4) is 0 Å². The third kappa shape index (κ3) is 7.04. The molecule has 166 valence electrons. The zero-order valence-electron chi connectivity index (χ0n) is 18.0. The first-order chi connectivity index (χ1) is 13.8. The maximum Gasteiger partial charge on any atom is 0.245 e. The van der Waals surface area contributed by atoms with Gasteiger partial charge in [0.15, 0.2) is 5.78 Å². The van der Waals surface area contributed by atoms with Crippen molar-refractivity contribution in [2.45, 2.75) is 70.6 Å². The van der Waals surface area contributed by atoms with Crippen LogP contribution in [0.4, 0.5) is 0 Å². The number of Topliss-reactive ketones (excluding diaryl/α,β-unsaturated/α-hetero) is 1. The highest BCUT2D eigenvalue weighted by molar-refractivity contribution is 5.92. The van der Waals surface area contributed by atoms with Crippen LogP contribution in [-0.2, 0) is 14.4 Å². The largest absolute Gasteiger partial charge is 0.391 e. The molecule has 2 aliphatic rings. The first-order valence-corrected chi connectivity index (χ1v) is 11.0. The first kappa shape index (κ1) is 23.8. The lowest BCUT2D eigenvalue weighted by atomic mass is 9.74. The summed E-state index contributed by atoms with van der Waals surface area (Å²) in [6.45, 7) is 4.68. The van der Waals surface area contributed by atoms with E-state index in [0.29, 0.717) is 18.4 Å². The van der Waals surface area contributed by atoms with Gasteiger partial charge in [-0.3, -0.25) is 14.4 Å². The Hall–Kier alpha value is -1.51. The van der Waals surface area contributed by atoms with Crippen molar-refractivity contribution in [2.24, 2.45) is 17.8 Å². The van der Waals surface area contributed by atoms with Gasteiger partial charge in [-0.25, -0.2) is 0 Å². The highest BCUT2D eigenvalue weighted by Crippen LogP contribution is 2.34. The molecular formula is C21H38N4O4. The maximum atomic E-state index is 12.9. The highest BCUT2D eigenvalue weighted by Gasteiger charge is 2.35. The van der Waals surface area contributed by atoms with Crippen LogP contribution >= 0.6 is 0 Å². The van der Waals surface area contributed by atoms with Crippen molar-refractivity contribution in [2.75, 3.05) is 26.7 Å². The summed E-state index contributed by atoms with van der Waals surface area (Å²) in [5.41, 5.74) is 0. The second-order valence-electron chi connectivity index (χ2n) is 8.71. The number of piperidine rings is 1. The van der Waals surface area contributed by atoms with Gasteiger partial charge in [-0.2, -0.15) is 0 Å². The topological polar surface area (TPSA) is 120 Å². The zero-order chi connectivity index (χ0) is 21.4. The molecule has 5 N–H and O–H groups in total. The van der Waals surface area contributed by atoms with E-state index in [-0.39, 0.29) is 24.2 Å². The van der Waals surface area contributed by atoms with Crippen molar-refractivity contribution < 1.29 is 19.5 Å². The Labute approximate surface area is 174 Å². The van der Waals surface area contributed by atoms with Crippen molar-refractivity contribution in [1.82, 2.24) is 21.3 Å². The minimum Gasteiger partial charge on any atom is -0.391 e. The summed E-state index contributed by atoms with van der Waals surface area (Å²) in [7, 11) is 1.69. The summed E-state index contributed by atoms with van der Waals surface area (Å²) in [5.74, 6) is -0.0128. The molecule has 1 saturated heterocycles. The third-order valence-corrected chi connectivity index (χ3v) is 6.35. The van der Waals surface area contributed by atoms with Gasteiger partial charge in [-0.15, -0.1) is 0 Å². The summed E-state index contributed by atoms with van der Waals surface area (Å²) in [6.07, 6.45) is 6.06. The van der Waals surface area contributed by atoms with Gasteiger partial charge < -0.3 is 26.4 Å². The van der Waals surface area contributed by atoms with Crippen LogP contribution in [0.5, 0.6) is 0 Å². The van der Waals surface area contributed by atoms with Gasteiger partial charge in [0.05, 0.1) is 18.1 Å². The van der Waals surface area contributed by atoms with E-state index in [0.717, 1.165) is 13.0 Å². The number of likely N-dealkylation sites (N-methyl/N-ethyl adjacent to an activating group) is 1. The molecule has 1 saturated carbocycles. The molecule has 0 spiro atoms. The van der Waals surface area contributed by atoms with Crippen LogP contribution in [-0.4, -0.2) is 67.6 Å². The molecule has 0 aromatic rings. The number of ketones is 1. The van der Waals surface area contributed by atoms with E-state index < -0.39 is 24.1 Å². The maximum absolute atomic E-state index is 12.9. The number of amides is 2. The van der Waals surface area contributed by atoms with E-state index in [2.05, 4.69) is 21.3 Å². The first-order valence-electron chi connectivity index (χ1n) is 11.0. The molecule has 0 radical (unpaired) electrons. The van der Waals surface area contributed by atoms with E-state index in [1.165, 1.54) is 46.0 Å². The van der Waals surface area contributed by atoms with Crippen LogP contribution in [0.15, 0.2) is 0 Å². The standard InChI is InChI=1S/C21H38N4O4/c1-13(26)18(12-22-3)24-21(29)19(14(2)27)25-20(28)17-9-16(10-23-11-17)15-7-5-4-6-8-15/h14-19,22-23,27H,4-12H2,1-3H3,(H,24,29)(H,25,28)/t14-,16?,17-,18-,19-/m0/s1. The summed E-state index contributed by atoms with van der Waals surface area (Å²) >= 11 is 0. The van der Waals surface area contributed by atoms with Crippen molar-refractivity contribution >= 4 is 17.6 Å². The second kappa shape index (κ2) is 11.6. The fourth-order valence-electron chi connectivity index (χ4n) is 4.58. The van der Waals surface area contributed by atoms with Crippen LogP contribution in [0.1, 0.15) is 52.4 Å². The number of carbonyl (C=O) groups excluding carboxylic acids is 3. The molecular weight excluding hydrogens is 372 g/mol. The molecule has 29 heavy (non-hydrogen) atoms. The lowest BCUT2D eigenvalue weighted by Crippen LogP contribution is -2.58. The number of hydrogen-bond donors (Lipinski definition) is 5. The number of rotatable bonds is 9. The van der Waals surface area contributed by atoms with Crippen LogP contribution in [0.3, 0.4) is 0 Å². The van der Waals surface area contributed by atoms with Gasteiger partial charge in [-0.05, 0) is 45.7 Å². The molecule has 5 atom stereocenters. The van der Waals surface area contributed by atoms with E-state index in [1.54, 1.807) is 7.05 Å². The summed E-state index contributed by atoms with van der Waals surface area (Å²) in [5, 5.41) is 21.7. The SMILES string of the molecule is CNC[C@H](NC(=O)[C@@H](NC(=O)[C@@H]1CNCC(C2CCCCC2)C1)[C@H](C)O)C(C)=O. The quantitative estimate of drug-likeness (QED) is 0.364. The molecule has 0 bridgehead atoms. The normalized spacial score (nSPS) is 26.2. The van der Waals surface area contributed by atoms with E-state index in [1.807, 2.05) is 0 Å². The molecule has 8 nitrogen and oxygen atoms in total. The monoisotopic (exact) mass is 410 g/mol. The molecule has 8 heteroatoms. The third-order valence-electron chi connectivity index (χ3n) is 6.35. The van der Waals surface area contributed by atoms with Gasteiger partial charge in [0.1, 0.15) is 6.04 Å². The fourth-order valence-corrected chi connectivity index (χ4v) is 4.58. The van der Waals surface area contributed by atoms with Gasteiger partial charge in [-0.1, -0.05) is 32.1 Å². The predicted octanol–water partition coefficient (Wildman–Crippen LogP) is -0.0488. The molecule has 1 aliphatic heterocycles. The van der Waals surface area contributed by atoms with E-state index in [4.69, 9.17) is 0 Å². The van der Waals surface area contributed by atoms with Gasteiger partial charge in [0, 0.05) is 13.1 Å². The fraction of sp³-hybridized carbons (Fsp3) is 0.857. The van der Waals surface area contributed by atoms with Crippen LogP contribution in [0.25, 0.3) is 0 Å². The van der Waals surface area contributed by atoms with Crippen molar-refractivity contribution in [3.05, 3.63) is 0 Å². The number of carbonyl (C=O) groups is 3. The Kier molecular flexibility index (Phi) is 9.52. The van der Waals surface area contributed by atoms with Gasteiger partial charge in [0.2, 0.25) is 11.8 Å². The van der Waals surface area contributed by atoms with E-state index >= 15 is 0 Å². The molecule has 1 aliphatic carbocycles. The highest BCUT2D eigenvalue weighted by atomic mass is 16.3. The van der Waals surface area contributed by atoms with Crippen LogP contribution in [0, 0.1) is 17.8 Å². The Bertz CT molecular complexity index is 563. The van der Waals surface area contributed by atoms with Gasteiger partial charge in [0.25, 0.3) is 0 Å². The Morgan fingerprint density at radius 3 is 2.34 bits per heavy atom. The number of aliphatic hydroxyl groups excluding tert-OH is 1. The number of aliphatic hydroxyl groups is 1. The number of hydrogen-bond acceptors (Lipinski definition) is 6. The lowest BCUT2D eigenvalue weighted by molar-refractivity contribution is -0.135. The molecule has 0 aromatic heterocycles. The predicted molar refractivity (Wildman–Crippen MR) is 111 cm³/mol. The minimum atomic E-state index is -1.09.